The molecule has 0 spiro atoms. The summed E-state index contributed by atoms with van der Waals surface area (Å²) in [7, 11) is 1.62. The van der Waals surface area contributed by atoms with Gasteiger partial charge >= 0.3 is 5.97 Å². The van der Waals surface area contributed by atoms with Crippen LogP contribution in [0.4, 0.5) is 0 Å². The number of amides is 1. The van der Waals surface area contributed by atoms with Crippen LogP contribution in [0.15, 0.2) is 24.3 Å². The number of hydrogen-bond acceptors (Lipinski definition) is 2. The maximum Gasteiger partial charge on any atom is 0.315 e. The van der Waals surface area contributed by atoms with Crippen LogP contribution in [0.5, 0.6) is 0 Å². The van der Waals surface area contributed by atoms with Crippen LogP contribution in [0, 0.1) is 5.92 Å². The highest BCUT2D eigenvalue weighted by Gasteiger charge is 2.23. The third-order valence-corrected chi connectivity index (χ3v) is 2.97. The smallest absolute Gasteiger partial charge is 0.315 e. The lowest BCUT2D eigenvalue weighted by atomic mass is 10.1. The summed E-state index contributed by atoms with van der Waals surface area (Å²) in [5.41, 5.74) is 2.24. The monoisotopic (exact) mass is 249 g/mol. The Bertz CT molecular complexity index is 425. The van der Waals surface area contributed by atoms with Gasteiger partial charge in [-0.1, -0.05) is 31.2 Å². The van der Waals surface area contributed by atoms with Gasteiger partial charge in [-0.2, -0.15) is 0 Å². The molecule has 98 valence electrons. The first-order valence-electron chi connectivity index (χ1n) is 6.01. The van der Waals surface area contributed by atoms with Crippen LogP contribution in [-0.4, -0.2) is 28.9 Å². The highest BCUT2D eigenvalue weighted by atomic mass is 16.4. The Kier molecular flexibility index (Phi) is 4.89. The molecule has 1 rings (SSSR count). The number of carboxylic acids is 1. The fourth-order valence-corrected chi connectivity index (χ4v) is 1.67. The molecule has 0 aliphatic carbocycles. The van der Waals surface area contributed by atoms with E-state index in [1.165, 1.54) is 17.4 Å². The number of hydrogen-bond donors (Lipinski definition) is 1. The lowest BCUT2D eigenvalue weighted by Crippen LogP contribution is -2.34. The second kappa shape index (κ2) is 6.19. The van der Waals surface area contributed by atoms with Crippen LogP contribution < -0.4 is 0 Å². The lowest BCUT2D eigenvalue weighted by Gasteiger charge is -2.19. The molecular formula is C14H19NO3. The van der Waals surface area contributed by atoms with Gasteiger partial charge in [-0.15, -0.1) is 0 Å². The average Bonchev–Trinajstić information content (AvgIpc) is 2.37. The van der Waals surface area contributed by atoms with Crippen LogP contribution in [0.1, 0.15) is 25.0 Å². The molecule has 1 aromatic carbocycles. The van der Waals surface area contributed by atoms with Crippen molar-refractivity contribution in [1.82, 2.24) is 4.90 Å². The van der Waals surface area contributed by atoms with Crippen molar-refractivity contribution >= 4 is 11.9 Å². The van der Waals surface area contributed by atoms with E-state index in [0.717, 1.165) is 12.0 Å². The molecule has 0 saturated heterocycles. The number of aliphatic carboxylic acids is 1. The number of carbonyl (C=O) groups is 2. The Morgan fingerprint density at radius 3 is 2.17 bits per heavy atom. The van der Waals surface area contributed by atoms with E-state index in [1.54, 1.807) is 7.05 Å². The largest absolute Gasteiger partial charge is 0.481 e. The summed E-state index contributed by atoms with van der Waals surface area (Å²) < 4.78 is 0. The van der Waals surface area contributed by atoms with Crippen molar-refractivity contribution in [2.24, 2.45) is 5.92 Å². The standard InChI is InChI=1S/C14H19NO3/c1-4-11-5-7-12(8-6-11)9-15(3)13(16)10(2)14(17)18/h5-8,10H,4,9H2,1-3H3,(H,17,18). The van der Waals surface area contributed by atoms with Crippen molar-refractivity contribution in [3.05, 3.63) is 35.4 Å². The summed E-state index contributed by atoms with van der Waals surface area (Å²) in [6.07, 6.45) is 0.977. The van der Waals surface area contributed by atoms with Gasteiger partial charge in [0.05, 0.1) is 0 Å². The van der Waals surface area contributed by atoms with Gasteiger partial charge in [0.25, 0.3) is 0 Å². The number of carboxylic acid groups (broad SMARTS) is 1. The molecule has 0 aromatic heterocycles. The molecule has 1 amide bonds. The van der Waals surface area contributed by atoms with E-state index < -0.39 is 11.9 Å². The summed E-state index contributed by atoms with van der Waals surface area (Å²) in [4.78, 5) is 23.9. The van der Waals surface area contributed by atoms with Crippen molar-refractivity contribution in [2.75, 3.05) is 7.05 Å². The first kappa shape index (κ1) is 14.2. The number of aryl methyl sites for hydroxylation is 1. The number of benzene rings is 1. The first-order valence-corrected chi connectivity index (χ1v) is 6.01. The SMILES string of the molecule is CCc1ccc(CN(C)C(=O)C(C)C(=O)O)cc1. The molecule has 4 heteroatoms. The highest BCUT2D eigenvalue weighted by Crippen LogP contribution is 2.09. The van der Waals surface area contributed by atoms with Crippen LogP contribution in [0.25, 0.3) is 0 Å². The second-order valence-corrected chi connectivity index (χ2v) is 4.42. The summed E-state index contributed by atoms with van der Waals surface area (Å²) in [5.74, 6) is -2.46. The first-order chi connectivity index (χ1) is 8.45. The Morgan fingerprint density at radius 2 is 1.72 bits per heavy atom. The maximum atomic E-state index is 11.8. The average molecular weight is 249 g/mol. The van der Waals surface area contributed by atoms with Crippen molar-refractivity contribution in [3.63, 3.8) is 0 Å². The highest BCUT2D eigenvalue weighted by molar-refractivity contribution is 5.96. The second-order valence-electron chi connectivity index (χ2n) is 4.42. The fourth-order valence-electron chi connectivity index (χ4n) is 1.67. The van der Waals surface area contributed by atoms with Crippen LogP contribution in [0.2, 0.25) is 0 Å². The molecule has 0 heterocycles. The third-order valence-electron chi connectivity index (χ3n) is 2.97. The zero-order valence-corrected chi connectivity index (χ0v) is 11.0. The molecule has 4 nitrogen and oxygen atoms in total. The number of rotatable bonds is 5. The van der Waals surface area contributed by atoms with Crippen molar-refractivity contribution in [2.45, 2.75) is 26.8 Å². The zero-order chi connectivity index (χ0) is 13.7. The van der Waals surface area contributed by atoms with Crippen LogP contribution in [-0.2, 0) is 22.6 Å². The molecular weight excluding hydrogens is 230 g/mol. The van der Waals surface area contributed by atoms with Gasteiger partial charge in [0.15, 0.2) is 0 Å². The van der Waals surface area contributed by atoms with Gasteiger partial charge in [-0.05, 0) is 24.5 Å². The maximum absolute atomic E-state index is 11.8. The molecule has 1 aromatic rings. The molecule has 0 saturated carbocycles. The summed E-state index contributed by atoms with van der Waals surface area (Å²) in [6.45, 7) is 3.92. The molecule has 0 bridgehead atoms. The zero-order valence-electron chi connectivity index (χ0n) is 11.0. The van der Waals surface area contributed by atoms with E-state index in [0.29, 0.717) is 6.54 Å². The van der Waals surface area contributed by atoms with Gasteiger partial charge in [0, 0.05) is 13.6 Å². The van der Waals surface area contributed by atoms with Crippen LogP contribution in [0.3, 0.4) is 0 Å². The van der Waals surface area contributed by atoms with Gasteiger partial charge in [0.1, 0.15) is 5.92 Å². The van der Waals surface area contributed by atoms with E-state index in [1.807, 2.05) is 24.3 Å². The van der Waals surface area contributed by atoms with Crippen molar-refractivity contribution in [1.29, 1.82) is 0 Å². The normalized spacial score (nSPS) is 11.9. The van der Waals surface area contributed by atoms with E-state index >= 15 is 0 Å². The molecule has 1 atom stereocenters. The molecule has 0 aliphatic rings. The number of carbonyl (C=O) groups excluding carboxylic acids is 1. The lowest BCUT2D eigenvalue weighted by molar-refractivity contribution is -0.149. The summed E-state index contributed by atoms with van der Waals surface area (Å²) >= 11 is 0. The molecule has 18 heavy (non-hydrogen) atoms. The van der Waals surface area contributed by atoms with Gasteiger partial charge < -0.3 is 10.0 Å². The Labute approximate surface area is 107 Å². The Morgan fingerprint density at radius 1 is 1.22 bits per heavy atom. The minimum Gasteiger partial charge on any atom is -0.481 e. The Hall–Kier alpha value is -1.84. The predicted octanol–water partition coefficient (Wildman–Crippen LogP) is 1.93. The van der Waals surface area contributed by atoms with E-state index in [-0.39, 0.29) is 5.91 Å². The van der Waals surface area contributed by atoms with E-state index in [4.69, 9.17) is 5.11 Å². The molecule has 0 fully saturated rings. The minimum absolute atomic E-state index is 0.373. The summed E-state index contributed by atoms with van der Waals surface area (Å²) in [6, 6.07) is 7.98. The van der Waals surface area contributed by atoms with E-state index in [2.05, 4.69) is 6.92 Å². The molecule has 1 N–H and O–H groups in total. The molecule has 0 radical (unpaired) electrons. The van der Waals surface area contributed by atoms with Gasteiger partial charge in [-0.3, -0.25) is 9.59 Å². The van der Waals surface area contributed by atoms with Crippen molar-refractivity contribution < 1.29 is 14.7 Å². The van der Waals surface area contributed by atoms with Gasteiger partial charge in [-0.25, -0.2) is 0 Å². The molecule has 1 unspecified atom stereocenters. The summed E-state index contributed by atoms with van der Waals surface area (Å²) in [5, 5.41) is 8.79. The Balaban J connectivity index is 2.66. The minimum atomic E-state index is -1.09. The van der Waals surface area contributed by atoms with Crippen LogP contribution >= 0.6 is 0 Å². The van der Waals surface area contributed by atoms with E-state index in [9.17, 15) is 9.59 Å². The van der Waals surface area contributed by atoms with Crippen molar-refractivity contribution in [3.8, 4) is 0 Å². The fraction of sp³-hybridized carbons (Fsp3) is 0.429. The quantitative estimate of drug-likeness (QED) is 0.811. The third kappa shape index (κ3) is 3.58. The molecule has 0 aliphatic heterocycles. The number of nitrogens with zero attached hydrogens (tertiary/aromatic N) is 1. The topological polar surface area (TPSA) is 57.6 Å². The predicted molar refractivity (Wildman–Crippen MR) is 69.1 cm³/mol. The van der Waals surface area contributed by atoms with Gasteiger partial charge in [0.2, 0.25) is 5.91 Å².